The molecule has 0 aromatic carbocycles. The Kier molecular flexibility index (Phi) is 5.38. The number of amides is 2. The summed E-state index contributed by atoms with van der Waals surface area (Å²) in [7, 11) is 0. The first-order valence-corrected chi connectivity index (χ1v) is 8.46. The third-order valence-corrected chi connectivity index (χ3v) is 4.87. The second-order valence-corrected chi connectivity index (χ2v) is 6.35. The van der Waals surface area contributed by atoms with Crippen LogP contribution in [0.3, 0.4) is 0 Å². The minimum Gasteiger partial charge on any atom is -0.371 e. The van der Waals surface area contributed by atoms with Crippen LogP contribution in [0.4, 0.5) is 9.93 Å². The summed E-state index contributed by atoms with van der Waals surface area (Å²) in [4.78, 5) is 15.3. The lowest BCUT2D eigenvalue weighted by atomic mass is 10.3. The number of nitrogens with zero attached hydrogens (tertiary/aromatic N) is 4. The lowest BCUT2D eigenvalue weighted by molar-refractivity contribution is 0.176. The summed E-state index contributed by atoms with van der Waals surface area (Å²) in [6.45, 7) is 2.94. The number of hydrogen-bond acceptors (Lipinski definition) is 6. The van der Waals surface area contributed by atoms with Crippen LogP contribution in [0.5, 0.6) is 0 Å². The number of β-amino-alcohol motifs (C(OH)–C–C–N with tert-alkyl or cyclic N) is 1. The number of thioether (sulfide) groups is 1. The van der Waals surface area contributed by atoms with Gasteiger partial charge < -0.3 is 10.0 Å². The SMILES string of the molecule is CC=CCCCN1CC(O)N(c2nnc(SC)s2)C1=O. The molecular formula is C12H18N4O2S2. The van der Waals surface area contributed by atoms with Crippen LogP contribution < -0.4 is 4.90 Å². The van der Waals surface area contributed by atoms with E-state index in [9.17, 15) is 9.90 Å². The number of aliphatic hydroxyl groups excluding tert-OH is 1. The van der Waals surface area contributed by atoms with Gasteiger partial charge in [-0.3, -0.25) is 0 Å². The average Bonchev–Trinajstić information content (AvgIpc) is 3.00. The van der Waals surface area contributed by atoms with Gasteiger partial charge in [0.25, 0.3) is 0 Å². The van der Waals surface area contributed by atoms with Gasteiger partial charge in [0, 0.05) is 6.54 Å². The average molecular weight is 314 g/mol. The number of allylic oxidation sites excluding steroid dienone is 2. The molecule has 1 aromatic rings. The number of aromatic nitrogens is 2. The summed E-state index contributed by atoms with van der Waals surface area (Å²) in [6, 6.07) is -0.193. The maximum Gasteiger partial charge on any atom is 0.328 e. The van der Waals surface area contributed by atoms with Crippen molar-refractivity contribution in [3.8, 4) is 0 Å². The zero-order valence-electron chi connectivity index (χ0n) is 11.5. The van der Waals surface area contributed by atoms with Gasteiger partial charge in [0.1, 0.15) is 0 Å². The largest absolute Gasteiger partial charge is 0.371 e. The van der Waals surface area contributed by atoms with Gasteiger partial charge in [-0.15, -0.1) is 10.2 Å². The molecule has 20 heavy (non-hydrogen) atoms. The molecular weight excluding hydrogens is 296 g/mol. The Hall–Kier alpha value is -1.12. The van der Waals surface area contributed by atoms with E-state index in [-0.39, 0.29) is 6.03 Å². The van der Waals surface area contributed by atoms with Crippen molar-refractivity contribution in [3.05, 3.63) is 12.2 Å². The quantitative estimate of drug-likeness (QED) is 0.377. The molecule has 1 fully saturated rings. The van der Waals surface area contributed by atoms with Crippen molar-refractivity contribution in [3.63, 3.8) is 0 Å². The highest BCUT2D eigenvalue weighted by Gasteiger charge is 2.38. The maximum atomic E-state index is 12.3. The number of anilines is 1. The first-order valence-electron chi connectivity index (χ1n) is 6.42. The normalized spacial score (nSPS) is 19.6. The van der Waals surface area contributed by atoms with Crippen LogP contribution in [0, 0.1) is 0 Å². The Morgan fingerprint density at radius 2 is 2.35 bits per heavy atom. The molecule has 0 saturated carbocycles. The van der Waals surface area contributed by atoms with Crippen molar-refractivity contribution in [1.29, 1.82) is 0 Å². The molecule has 1 aromatic heterocycles. The van der Waals surface area contributed by atoms with Crippen LogP contribution in [0.1, 0.15) is 19.8 Å². The van der Waals surface area contributed by atoms with Crippen molar-refractivity contribution >= 4 is 34.3 Å². The van der Waals surface area contributed by atoms with Crippen LogP contribution in [0.25, 0.3) is 0 Å². The van der Waals surface area contributed by atoms with Crippen molar-refractivity contribution < 1.29 is 9.90 Å². The zero-order valence-corrected chi connectivity index (χ0v) is 13.2. The standard InChI is InChI=1S/C12H18N4O2S2/c1-3-4-5-6-7-15-8-9(17)16(12(15)18)10-13-14-11(19-2)20-10/h3-4,9,17H,5-8H2,1-2H3. The van der Waals surface area contributed by atoms with E-state index in [1.54, 1.807) is 4.90 Å². The molecule has 1 aliphatic rings. The Morgan fingerprint density at radius 1 is 1.55 bits per heavy atom. The summed E-state index contributed by atoms with van der Waals surface area (Å²) < 4.78 is 0.784. The first-order chi connectivity index (χ1) is 9.67. The lowest BCUT2D eigenvalue weighted by Crippen LogP contribution is -2.35. The van der Waals surface area contributed by atoms with E-state index in [4.69, 9.17) is 0 Å². The minimum atomic E-state index is -0.841. The van der Waals surface area contributed by atoms with Crippen LogP contribution in [-0.2, 0) is 0 Å². The Labute approximate surface area is 126 Å². The van der Waals surface area contributed by atoms with Gasteiger partial charge in [-0.1, -0.05) is 35.3 Å². The van der Waals surface area contributed by atoms with E-state index in [1.807, 2.05) is 19.3 Å². The number of unbranched alkanes of at least 4 members (excludes halogenated alkanes) is 1. The molecule has 110 valence electrons. The van der Waals surface area contributed by atoms with Gasteiger partial charge in [0.05, 0.1) is 6.54 Å². The second kappa shape index (κ2) is 7.05. The smallest absolute Gasteiger partial charge is 0.328 e. The van der Waals surface area contributed by atoms with E-state index >= 15 is 0 Å². The fraction of sp³-hybridized carbons (Fsp3) is 0.583. The molecule has 1 aliphatic heterocycles. The topological polar surface area (TPSA) is 69.6 Å². The molecule has 1 N–H and O–H groups in total. The number of carbonyl (C=O) groups excluding carboxylic acids is 1. The predicted molar refractivity (Wildman–Crippen MR) is 81.2 cm³/mol. The van der Waals surface area contributed by atoms with Crippen LogP contribution >= 0.6 is 23.1 Å². The number of carbonyl (C=O) groups is 1. The van der Waals surface area contributed by atoms with E-state index < -0.39 is 6.23 Å². The monoisotopic (exact) mass is 314 g/mol. The summed E-state index contributed by atoms with van der Waals surface area (Å²) in [5.41, 5.74) is 0. The molecule has 0 bridgehead atoms. The van der Waals surface area contributed by atoms with Crippen LogP contribution in [0.2, 0.25) is 0 Å². The van der Waals surface area contributed by atoms with Gasteiger partial charge in [-0.05, 0) is 26.0 Å². The third-order valence-electron chi connectivity index (χ3n) is 2.97. The van der Waals surface area contributed by atoms with Crippen molar-refractivity contribution in [1.82, 2.24) is 15.1 Å². The summed E-state index contributed by atoms with van der Waals surface area (Å²) in [5.74, 6) is 0. The molecule has 0 aliphatic carbocycles. The molecule has 1 unspecified atom stereocenters. The molecule has 2 rings (SSSR count). The van der Waals surface area contributed by atoms with Crippen LogP contribution in [-0.4, -0.2) is 51.8 Å². The van der Waals surface area contributed by atoms with E-state index in [2.05, 4.69) is 16.3 Å². The van der Waals surface area contributed by atoms with E-state index in [1.165, 1.54) is 28.0 Å². The number of aliphatic hydroxyl groups is 1. The van der Waals surface area contributed by atoms with Gasteiger partial charge in [-0.2, -0.15) is 0 Å². The highest BCUT2D eigenvalue weighted by Crippen LogP contribution is 2.30. The van der Waals surface area contributed by atoms with Crippen LogP contribution in [0.15, 0.2) is 16.5 Å². The lowest BCUT2D eigenvalue weighted by Gasteiger charge is -2.16. The molecule has 8 heteroatoms. The molecule has 6 nitrogen and oxygen atoms in total. The van der Waals surface area contributed by atoms with Gasteiger partial charge in [-0.25, -0.2) is 9.69 Å². The maximum absolute atomic E-state index is 12.3. The predicted octanol–water partition coefficient (Wildman–Crippen LogP) is 2.18. The number of rotatable bonds is 6. The Bertz CT molecular complexity index is 492. The number of urea groups is 1. The first kappa shape index (κ1) is 15.3. The highest BCUT2D eigenvalue weighted by molar-refractivity contribution is 8.00. The summed E-state index contributed by atoms with van der Waals surface area (Å²) in [5, 5.41) is 18.4. The van der Waals surface area contributed by atoms with Crippen molar-refractivity contribution in [2.75, 3.05) is 24.2 Å². The van der Waals surface area contributed by atoms with Gasteiger partial charge >= 0.3 is 6.03 Å². The molecule has 2 amide bonds. The summed E-state index contributed by atoms with van der Waals surface area (Å²) >= 11 is 2.79. The highest BCUT2D eigenvalue weighted by atomic mass is 32.2. The zero-order chi connectivity index (χ0) is 14.5. The minimum absolute atomic E-state index is 0.193. The van der Waals surface area contributed by atoms with Crippen molar-refractivity contribution in [2.45, 2.75) is 30.3 Å². The second-order valence-electron chi connectivity index (χ2n) is 4.35. The number of hydrogen-bond donors (Lipinski definition) is 1. The van der Waals surface area contributed by atoms with E-state index in [0.717, 1.165) is 17.2 Å². The van der Waals surface area contributed by atoms with E-state index in [0.29, 0.717) is 18.2 Å². The van der Waals surface area contributed by atoms with Gasteiger partial charge in [0.15, 0.2) is 10.6 Å². The molecule has 2 heterocycles. The Balaban J connectivity index is 1.99. The summed E-state index contributed by atoms with van der Waals surface area (Å²) in [6.07, 6.45) is 6.96. The molecule has 1 atom stereocenters. The van der Waals surface area contributed by atoms with Crippen molar-refractivity contribution in [2.24, 2.45) is 0 Å². The fourth-order valence-corrected chi connectivity index (χ4v) is 3.28. The van der Waals surface area contributed by atoms with Gasteiger partial charge in [0.2, 0.25) is 5.13 Å². The molecule has 0 spiro atoms. The molecule has 1 saturated heterocycles. The Morgan fingerprint density at radius 3 is 3.00 bits per heavy atom. The fourth-order valence-electron chi connectivity index (χ4n) is 1.98. The molecule has 0 radical (unpaired) electrons. The third kappa shape index (κ3) is 3.31.